The van der Waals surface area contributed by atoms with E-state index in [0.717, 1.165) is 11.1 Å². The van der Waals surface area contributed by atoms with Crippen molar-refractivity contribution >= 4 is 21.1 Å². The van der Waals surface area contributed by atoms with Gasteiger partial charge in [0, 0.05) is 23.7 Å². The lowest BCUT2D eigenvalue weighted by Gasteiger charge is -2.06. The molecule has 1 heterocycles. The lowest BCUT2D eigenvalue weighted by Crippen LogP contribution is -2.18. The van der Waals surface area contributed by atoms with Crippen LogP contribution in [0, 0.1) is 0 Å². The molecule has 0 saturated heterocycles. The molecule has 0 unspecified atom stereocenters. The van der Waals surface area contributed by atoms with Gasteiger partial charge in [-0.2, -0.15) is 0 Å². The Balaban J connectivity index is 1.96. The first-order chi connectivity index (χ1) is 8.06. The zero-order valence-electron chi connectivity index (χ0n) is 9.31. The second kappa shape index (κ2) is 3.58. The van der Waals surface area contributed by atoms with Crippen molar-refractivity contribution in [1.82, 2.24) is 5.32 Å². The Morgan fingerprint density at radius 3 is 2.82 bits per heavy atom. The quantitative estimate of drug-likeness (QED) is 0.789. The van der Waals surface area contributed by atoms with Gasteiger partial charge in [0.2, 0.25) is 9.84 Å². The molecule has 1 aromatic carbocycles. The van der Waals surface area contributed by atoms with E-state index in [9.17, 15) is 8.42 Å². The van der Waals surface area contributed by atoms with Crippen LogP contribution < -0.4 is 11.1 Å². The third-order valence-electron chi connectivity index (χ3n) is 3.11. The van der Waals surface area contributed by atoms with Gasteiger partial charge < -0.3 is 11.1 Å². The van der Waals surface area contributed by atoms with Crippen molar-refractivity contribution in [2.24, 2.45) is 0 Å². The first-order valence-electron chi connectivity index (χ1n) is 5.65. The summed E-state index contributed by atoms with van der Waals surface area (Å²) in [5.41, 5.74) is 7.73. The standard InChI is InChI=1S/C12H14N2O2S/c13-9-1-4-11-8(6-14-10-2-3-10)7-17(15,16)12(11)5-9/h1,4-5,7,10,14H,2-3,6,13H2. The Kier molecular flexibility index (Phi) is 2.27. The van der Waals surface area contributed by atoms with E-state index >= 15 is 0 Å². The summed E-state index contributed by atoms with van der Waals surface area (Å²) in [6.45, 7) is 0.612. The number of sulfone groups is 1. The van der Waals surface area contributed by atoms with Gasteiger partial charge >= 0.3 is 0 Å². The first kappa shape index (κ1) is 10.8. The molecule has 90 valence electrons. The normalized spacial score (nSPS) is 21.1. The number of nitrogens with one attached hydrogen (secondary N) is 1. The Labute approximate surface area is 100 Å². The number of hydrogen-bond acceptors (Lipinski definition) is 4. The second-order valence-electron chi connectivity index (χ2n) is 4.60. The van der Waals surface area contributed by atoms with Gasteiger partial charge in [0.15, 0.2) is 0 Å². The largest absolute Gasteiger partial charge is 0.399 e. The predicted molar refractivity (Wildman–Crippen MR) is 67.0 cm³/mol. The highest BCUT2D eigenvalue weighted by molar-refractivity contribution is 7.95. The van der Waals surface area contributed by atoms with E-state index in [2.05, 4.69) is 5.32 Å². The zero-order valence-corrected chi connectivity index (χ0v) is 10.1. The van der Waals surface area contributed by atoms with Crippen molar-refractivity contribution in [2.75, 3.05) is 12.3 Å². The van der Waals surface area contributed by atoms with Gasteiger partial charge in [-0.25, -0.2) is 8.42 Å². The molecule has 2 aliphatic rings. The van der Waals surface area contributed by atoms with Crippen LogP contribution in [0.15, 0.2) is 28.5 Å². The van der Waals surface area contributed by atoms with E-state index in [0.29, 0.717) is 23.2 Å². The number of nitrogens with two attached hydrogens (primary N) is 1. The average Bonchev–Trinajstić information content (AvgIpc) is 3.04. The monoisotopic (exact) mass is 250 g/mol. The fourth-order valence-corrected chi connectivity index (χ4v) is 3.55. The third kappa shape index (κ3) is 1.96. The molecule has 1 aliphatic heterocycles. The van der Waals surface area contributed by atoms with Crippen molar-refractivity contribution in [3.8, 4) is 0 Å². The van der Waals surface area contributed by atoms with Crippen molar-refractivity contribution in [3.05, 3.63) is 29.2 Å². The summed E-state index contributed by atoms with van der Waals surface area (Å²) in [6.07, 6.45) is 2.38. The van der Waals surface area contributed by atoms with Crippen LogP contribution in [0.5, 0.6) is 0 Å². The molecule has 17 heavy (non-hydrogen) atoms. The average molecular weight is 250 g/mol. The van der Waals surface area contributed by atoms with Crippen LogP contribution in [0.1, 0.15) is 18.4 Å². The summed E-state index contributed by atoms with van der Waals surface area (Å²) in [5.74, 6) is 0. The molecule has 1 aliphatic carbocycles. The van der Waals surface area contributed by atoms with Crippen molar-refractivity contribution in [1.29, 1.82) is 0 Å². The van der Waals surface area contributed by atoms with Gasteiger partial charge in [-0.1, -0.05) is 6.07 Å². The summed E-state index contributed by atoms with van der Waals surface area (Å²) < 4.78 is 23.8. The van der Waals surface area contributed by atoms with Gasteiger partial charge in [-0.3, -0.25) is 0 Å². The van der Waals surface area contributed by atoms with E-state index in [4.69, 9.17) is 5.73 Å². The molecule has 0 radical (unpaired) electrons. The molecule has 5 heteroatoms. The maximum atomic E-state index is 11.9. The molecule has 0 spiro atoms. The number of fused-ring (bicyclic) bond motifs is 1. The van der Waals surface area contributed by atoms with Gasteiger partial charge in [-0.05, 0) is 36.1 Å². The molecular formula is C12H14N2O2S. The molecule has 3 rings (SSSR count). The summed E-state index contributed by atoms with van der Waals surface area (Å²) >= 11 is 0. The minimum absolute atomic E-state index is 0.338. The maximum Gasteiger partial charge on any atom is 0.200 e. The van der Waals surface area contributed by atoms with E-state index in [1.54, 1.807) is 12.1 Å². The molecule has 0 amide bonds. The second-order valence-corrected chi connectivity index (χ2v) is 6.36. The SMILES string of the molecule is Nc1ccc2c(c1)S(=O)(=O)C=C2CNC1CC1. The number of nitrogen functional groups attached to an aromatic ring is 1. The molecule has 0 aromatic heterocycles. The molecule has 3 N–H and O–H groups in total. The number of hydrogen-bond donors (Lipinski definition) is 2. The topological polar surface area (TPSA) is 72.2 Å². The highest BCUT2D eigenvalue weighted by atomic mass is 32.2. The summed E-state index contributed by atoms with van der Waals surface area (Å²) in [4.78, 5) is 0.338. The van der Waals surface area contributed by atoms with Crippen LogP contribution in [0.2, 0.25) is 0 Å². The minimum atomic E-state index is -3.29. The van der Waals surface area contributed by atoms with Gasteiger partial charge in [0.1, 0.15) is 0 Å². The summed E-state index contributed by atoms with van der Waals surface area (Å²) in [7, 11) is -3.29. The van der Waals surface area contributed by atoms with E-state index in [-0.39, 0.29) is 0 Å². The van der Waals surface area contributed by atoms with Crippen LogP contribution in [0.25, 0.3) is 5.57 Å². The minimum Gasteiger partial charge on any atom is -0.399 e. The van der Waals surface area contributed by atoms with Gasteiger partial charge in [-0.15, -0.1) is 0 Å². The zero-order chi connectivity index (χ0) is 12.0. The van der Waals surface area contributed by atoms with Gasteiger partial charge in [0.25, 0.3) is 0 Å². The van der Waals surface area contributed by atoms with E-state index in [1.165, 1.54) is 24.3 Å². The predicted octanol–water partition coefficient (Wildman–Crippen LogP) is 1.15. The summed E-state index contributed by atoms with van der Waals surface area (Å²) in [5, 5.41) is 4.68. The van der Waals surface area contributed by atoms with Crippen LogP contribution in [-0.2, 0) is 9.84 Å². The van der Waals surface area contributed by atoms with Gasteiger partial charge in [0.05, 0.1) is 4.90 Å². The Hall–Kier alpha value is -1.33. The Bertz CT molecular complexity index is 601. The van der Waals surface area contributed by atoms with Crippen molar-refractivity contribution in [3.63, 3.8) is 0 Å². The lowest BCUT2D eigenvalue weighted by atomic mass is 10.1. The van der Waals surface area contributed by atoms with Crippen molar-refractivity contribution in [2.45, 2.75) is 23.8 Å². The number of anilines is 1. The third-order valence-corrected chi connectivity index (χ3v) is 4.66. The first-order valence-corrected chi connectivity index (χ1v) is 7.20. The van der Waals surface area contributed by atoms with Crippen LogP contribution in [-0.4, -0.2) is 21.0 Å². The lowest BCUT2D eigenvalue weighted by molar-refractivity contribution is 0.605. The van der Waals surface area contributed by atoms with E-state index < -0.39 is 9.84 Å². The van der Waals surface area contributed by atoms with Crippen molar-refractivity contribution < 1.29 is 8.42 Å². The Morgan fingerprint density at radius 2 is 2.12 bits per heavy atom. The van der Waals surface area contributed by atoms with Crippen LogP contribution in [0.4, 0.5) is 5.69 Å². The highest BCUT2D eigenvalue weighted by Gasteiger charge is 2.28. The Morgan fingerprint density at radius 1 is 1.35 bits per heavy atom. The smallest absolute Gasteiger partial charge is 0.200 e. The van der Waals surface area contributed by atoms with Crippen LogP contribution >= 0.6 is 0 Å². The molecule has 1 aromatic rings. The summed E-state index contributed by atoms with van der Waals surface area (Å²) in [6, 6.07) is 5.63. The maximum absolute atomic E-state index is 11.9. The molecule has 0 bridgehead atoms. The molecule has 1 fully saturated rings. The molecule has 0 atom stereocenters. The molecular weight excluding hydrogens is 236 g/mol. The highest BCUT2D eigenvalue weighted by Crippen LogP contribution is 2.34. The number of benzene rings is 1. The molecule has 4 nitrogen and oxygen atoms in total. The molecule has 1 saturated carbocycles. The fraction of sp³-hybridized carbons (Fsp3) is 0.333. The fourth-order valence-electron chi connectivity index (χ4n) is 2.03. The number of rotatable bonds is 3. The van der Waals surface area contributed by atoms with Crippen LogP contribution in [0.3, 0.4) is 0 Å². The van der Waals surface area contributed by atoms with E-state index in [1.807, 2.05) is 0 Å².